The maximum absolute atomic E-state index is 14.8. The molecule has 0 saturated heterocycles. The van der Waals surface area contributed by atoms with E-state index in [1.54, 1.807) is 37.4 Å². The van der Waals surface area contributed by atoms with Crippen LogP contribution >= 0.6 is 22.9 Å². The van der Waals surface area contributed by atoms with E-state index in [4.69, 9.17) is 21.1 Å². The number of pyridine rings is 1. The third-order valence-electron chi connectivity index (χ3n) is 8.25. The summed E-state index contributed by atoms with van der Waals surface area (Å²) in [6.45, 7) is 7.77. The number of halogens is 2. The highest BCUT2D eigenvalue weighted by atomic mass is 35.5. The van der Waals surface area contributed by atoms with E-state index in [2.05, 4.69) is 4.98 Å². The van der Waals surface area contributed by atoms with Gasteiger partial charge in [0.25, 0.3) is 5.91 Å². The van der Waals surface area contributed by atoms with E-state index in [1.165, 1.54) is 17.4 Å². The Kier molecular flexibility index (Phi) is 9.70. The van der Waals surface area contributed by atoms with E-state index in [1.807, 2.05) is 62.9 Å². The fourth-order valence-corrected chi connectivity index (χ4v) is 7.44. The molecule has 0 unspecified atom stereocenters. The SMILES string of the molecule is COc1ccc(-c2ccnc(C)c2)cc1CN(C(=O)c1sc2cccc(F)c2c1Cl)[C@H]1CC[C@H](N(C)C(=O)OC(C)(C)C)CC1. The molecule has 7 nitrogen and oxygen atoms in total. The highest BCUT2D eigenvalue weighted by Gasteiger charge is 2.35. The molecule has 2 aromatic carbocycles. The van der Waals surface area contributed by atoms with Gasteiger partial charge in [-0.1, -0.05) is 23.7 Å². The number of thiophene rings is 1. The number of carbonyl (C=O) groups excluding carboxylic acids is 2. The minimum Gasteiger partial charge on any atom is -0.496 e. The third-order valence-corrected chi connectivity index (χ3v) is 9.88. The molecular formula is C35H39ClFN3O4S. The van der Waals surface area contributed by atoms with Crippen LogP contribution in [0.15, 0.2) is 54.7 Å². The fourth-order valence-electron chi connectivity index (χ4n) is 5.94. The van der Waals surface area contributed by atoms with Crippen LogP contribution in [0.5, 0.6) is 5.75 Å². The Balaban J connectivity index is 1.48. The summed E-state index contributed by atoms with van der Waals surface area (Å²) in [4.78, 5) is 35.3. The van der Waals surface area contributed by atoms with Gasteiger partial charge in [0.15, 0.2) is 0 Å². The molecule has 5 rings (SSSR count). The normalized spacial score (nSPS) is 16.8. The second-order valence-corrected chi connectivity index (χ2v) is 14.0. The number of nitrogens with zero attached hydrogens (tertiary/aromatic N) is 3. The number of fused-ring (bicyclic) bond motifs is 1. The van der Waals surface area contributed by atoms with Crippen LogP contribution in [0.3, 0.4) is 0 Å². The van der Waals surface area contributed by atoms with Gasteiger partial charge in [0, 0.05) is 53.2 Å². The van der Waals surface area contributed by atoms with E-state index in [0.717, 1.165) is 22.4 Å². The van der Waals surface area contributed by atoms with Crippen LogP contribution in [0.1, 0.15) is 67.4 Å². The van der Waals surface area contributed by atoms with Crippen molar-refractivity contribution in [1.29, 1.82) is 0 Å². The number of carbonyl (C=O) groups is 2. The fraction of sp³-hybridized carbons (Fsp3) is 0.400. The van der Waals surface area contributed by atoms with Crippen molar-refractivity contribution in [3.63, 3.8) is 0 Å². The zero-order chi connectivity index (χ0) is 32.5. The average molecular weight is 652 g/mol. The monoisotopic (exact) mass is 651 g/mol. The van der Waals surface area contributed by atoms with Gasteiger partial charge in [-0.2, -0.15) is 0 Å². The van der Waals surface area contributed by atoms with E-state index >= 15 is 0 Å². The lowest BCUT2D eigenvalue weighted by atomic mass is 9.89. The quantitative estimate of drug-likeness (QED) is 0.200. The van der Waals surface area contributed by atoms with Crippen molar-refractivity contribution < 1.29 is 23.5 Å². The summed E-state index contributed by atoms with van der Waals surface area (Å²) in [5.74, 6) is -0.0435. The molecule has 45 heavy (non-hydrogen) atoms. The summed E-state index contributed by atoms with van der Waals surface area (Å²) in [7, 11) is 3.38. The summed E-state index contributed by atoms with van der Waals surface area (Å²) in [5, 5.41) is 0.400. The Labute approximate surface area is 272 Å². The van der Waals surface area contributed by atoms with Crippen molar-refractivity contribution in [1.82, 2.24) is 14.8 Å². The van der Waals surface area contributed by atoms with Crippen molar-refractivity contribution in [3.8, 4) is 16.9 Å². The number of aryl methyl sites for hydroxylation is 1. The highest BCUT2D eigenvalue weighted by Crippen LogP contribution is 2.40. The minimum absolute atomic E-state index is 0.0112. The van der Waals surface area contributed by atoms with Crippen LogP contribution in [0.4, 0.5) is 9.18 Å². The Morgan fingerprint density at radius 1 is 1.04 bits per heavy atom. The Bertz CT molecular complexity index is 1710. The number of amides is 2. The van der Waals surface area contributed by atoms with Crippen LogP contribution in [0.2, 0.25) is 5.02 Å². The molecule has 0 bridgehead atoms. The van der Waals surface area contributed by atoms with Gasteiger partial charge in [-0.05, 0) is 101 Å². The molecule has 2 amide bonds. The first-order valence-corrected chi connectivity index (χ1v) is 16.3. The summed E-state index contributed by atoms with van der Waals surface area (Å²) < 4.78 is 26.8. The topological polar surface area (TPSA) is 72.0 Å². The first kappa shape index (κ1) is 32.7. The standard InChI is InChI=1S/C35H39ClFN3O4S/c1-21-18-23(16-17-38-21)22-10-15-28(43-6)24(19-22)20-40(33(41)32-31(36)30-27(37)8-7-9-29(30)45-32)26-13-11-25(12-14-26)39(5)34(42)44-35(2,3)4/h7-10,15-19,25-26H,11-14,20H2,1-6H3/t25-,26-. The number of hydrogen-bond acceptors (Lipinski definition) is 6. The molecule has 1 saturated carbocycles. The molecule has 4 aromatic rings. The summed E-state index contributed by atoms with van der Waals surface area (Å²) in [5.41, 5.74) is 3.15. The van der Waals surface area contributed by atoms with Crippen molar-refractivity contribution in [2.45, 2.75) is 77.6 Å². The first-order valence-electron chi connectivity index (χ1n) is 15.1. The average Bonchev–Trinajstić information content (AvgIpc) is 3.35. The molecule has 1 fully saturated rings. The molecule has 0 N–H and O–H groups in total. The number of rotatable bonds is 7. The van der Waals surface area contributed by atoms with Gasteiger partial charge in [-0.25, -0.2) is 9.18 Å². The van der Waals surface area contributed by atoms with Crippen LogP contribution in [0.25, 0.3) is 21.2 Å². The Morgan fingerprint density at radius 3 is 2.38 bits per heavy atom. The molecule has 10 heteroatoms. The highest BCUT2D eigenvalue weighted by molar-refractivity contribution is 7.21. The zero-order valence-corrected chi connectivity index (χ0v) is 28.1. The summed E-state index contributed by atoms with van der Waals surface area (Å²) in [6.07, 6.45) is 4.17. The van der Waals surface area contributed by atoms with Gasteiger partial charge in [-0.3, -0.25) is 9.78 Å². The molecule has 1 aliphatic carbocycles. The van der Waals surface area contributed by atoms with E-state index < -0.39 is 11.4 Å². The maximum atomic E-state index is 14.8. The van der Waals surface area contributed by atoms with Crippen LogP contribution in [-0.4, -0.2) is 58.6 Å². The molecule has 0 atom stereocenters. The minimum atomic E-state index is -0.586. The predicted molar refractivity (Wildman–Crippen MR) is 178 cm³/mol. The van der Waals surface area contributed by atoms with Crippen molar-refractivity contribution in [3.05, 3.63) is 81.7 Å². The Hall–Kier alpha value is -3.69. The number of benzene rings is 2. The van der Waals surface area contributed by atoms with Gasteiger partial charge in [0.1, 0.15) is 22.0 Å². The van der Waals surface area contributed by atoms with Crippen molar-refractivity contribution in [2.24, 2.45) is 0 Å². The van der Waals surface area contributed by atoms with Crippen LogP contribution < -0.4 is 4.74 Å². The van der Waals surface area contributed by atoms with E-state index in [9.17, 15) is 14.0 Å². The number of ether oxygens (including phenoxy) is 2. The molecule has 0 aliphatic heterocycles. The van der Waals surface area contributed by atoms with Crippen molar-refractivity contribution in [2.75, 3.05) is 14.2 Å². The van der Waals surface area contributed by atoms with Crippen LogP contribution in [-0.2, 0) is 11.3 Å². The molecule has 0 spiro atoms. The molecule has 2 heterocycles. The molecule has 1 aliphatic rings. The molecule has 238 valence electrons. The lowest BCUT2D eigenvalue weighted by molar-refractivity contribution is 0.0144. The molecular weight excluding hydrogens is 613 g/mol. The van der Waals surface area contributed by atoms with Crippen LogP contribution in [0, 0.1) is 12.7 Å². The molecule has 0 radical (unpaired) electrons. The number of hydrogen-bond donors (Lipinski definition) is 0. The third kappa shape index (κ3) is 7.25. The smallest absolute Gasteiger partial charge is 0.410 e. The largest absolute Gasteiger partial charge is 0.496 e. The second kappa shape index (κ2) is 13.3. The van der Waals surface area contributed by atoms with Gasteiger partial charge >= 0.3 is 6.09 Å². The second-order valence-electron chi connectivity index (χ2n) is 12.6. The zero-order valence-electron chi connectivity index (χ0n) is 26.5. The summed E-state index contributed by atoms with van der Waals surface area (Å²) in [6, 6.07) is 14.5. The van der Waals surface area contributed by atoms with Gasteiger partial charge in [0.2, 0.25) is 0 Å². The van der Waals surface area contributed by atoms with E-state index in [0.29, 0.717) is 41.0 Å². The predicted octanol–water partition coefficient (Wildman–Crippen LogP) is 8.89. The van der Waals surface area contributed by atoms with Gasteiger partial charge in [-0.15, -0.1) is 11.3 Å². The summed E-state index contributed by atoms with van der Waals surface area (Å²) >= 11 is 7.91. The van der Waals surface area contributed by atoms with E-state index in [-0.39, 0.29) is 41.0 Å². The van der Waals surface area contributed by atoms with Gasteiger partial charge < -0.3 is 19.3 Å². The molecule has 2 aromatic heterocycles. The number of methoxy groups -OCH3 is 1. The lowest BCUT2D eigenvalue weighted by Gasteiger charge is -2.40. The van der Waals surface area contributed by atoms with Crippen molar-refractivity contribution >= 4 is 45.0 Å². The Morgan fingerprint density at radius 2 is 1.73 bits per heavy atom. The lowest BCUT2D eigenvalue weighted by Crippen LogP contribution is -2.47. The first-order chi connectivity index (χ1) is 21.4. The number of aromatic nitrogens is 1. The van der Waals surface area contributed by atoms with Gasteiger partial charge in [0.05, 0.1) is 12.1 Å². The maximum Gasteiger partial charge on any atom is 0.410 e.